The van der Waals surface area contributed by atoms with Gasteiger partial charge in [-0.1, -0.05) is 48.2 Å². The summed E-state index contributed by atoms with van der Waals surface area (Å²) in [4.78, 5) is 24.5. The van der Waals surface area contributed by atoms with Crippen LogP contribution < -0.4 is 5.69 Å². The highest BCUT2D eigenvalue weighted by atomic mass is 32.2. The summed E-state index contributed by atoms with van der Waals surface area (Å²) in [6, 6.07) is 13.6. The van der Waals surface area contributed by atoms with Crippen molar-refractivity contribution in [1.29, 1.82) is 0 Å². The summed E-state index contributed by atoms with van der Waals surface area (Å²) in [5.41, 5.74) is 0.404. The highest BCUT2D eigenvalue weighted by Crippen LogP contribution is 2.21. The van der Waals surface area contributed by atoms with Crippen molar-refractivity contribution in [2.24, 2.45) is 0 Å². The number of carbonyl (C=O) groups is 1. The van der Waals surface area contributed by atoms with Gasteiger partial charge in [-0.15, -0.1) is 5.10 Å². The molecule has 1 fully saturated rings. The van der Waals surface area contributed by atoms with E-state index in [1.165, 1.54) is 11.8 Å². The second kappa shape index (κ2) is 7.47. The molecular formula is C19H19N3O3S. The zero-order valence-electron chi connectivity index (χ0n) is 14.2. The van der Waals surface area contributed by atoms with Crippen LogP contribution in [0, 0.1) is 0 Å². The first-order chi connectivity index (χ1) is 12.7. The first kappa shape index (κ1) is 17.1. The molecule has 3 aromatic rings. The van der Waals surface area contributed by atoms with Gasteiger partial charge in [0, 0.05) is 12.2 Å². The monoisotopic (exact) mass is 369 g/mol. The Labute approximate surface area is 154 Å². The number of nitrogens with one attached hydrogen (secondary N) is 1. The second-order valence-electron chi connectivity index (χ2n) is 6.33. The van der Waals surface area contributed by atoms with E-state index in [4.69, 9.17) is 4.74 Å². The fourth-order valence-corrected chi connectivity index (χ4v) is 3.99. The number of ketones is 1. The summed E-state index contributed by atoms with van der Waals surface area (Å²) in [6.45, 7) is 1.21. The summed E-state index contributed by atoms with van der Waals surface area (Å²) in [5, 5.41) is 9.20. The molecule has 1 aromatic heterocycles. The maximum absolute atomic E-state index is 12.6. The molecule has 1 atom stereocenters. The highest BCUT2D eigenvalue weighted by Gasteiger charge is 2.20. The van der Waals surface area contributed by atoms with E-state index < -0.39 is 0 Å². The summed E-state index contributed by atoms with van der Waals surface area (Å²) >= 11 is 1.28. The number of hydrogen-bond acceptors (Lipinski definition) is 5. The first-order valence-corrected chi connectivity index (χ1v) is 9.61. The molecule has 0 radical (unpaired) electrons. The highest BCUT2D eigenvalue weighted by molar-refractivity contribution is 7.99. The van der Waals surface area contributed by atoms with Crippen molar-refractivity contribution in [3.8, 4) is 0 Å². The van der Waals surface area contributed by atoms with Crippen LogP contribution in [0.3, 0.4) is 0 Å². The lowest BCUT2D eigenvalue weighted by Crippen LogP contribution is -2.25. The molecule has 1 aliphatic rings. The first-order valence-electron chi connectivity index (χ1n) is 8.62. The number of ether oxygens (including phenoxy) is 1. The second-order valence-corrected chi connectivity index (χ2v) is 7.27. The molecule has 6 nitrogen and oxygen atoms in total. The van der Waals surface area contributed by atoms with Gasteiger partial charge in [0.15, 0.2) is 10.9 Å². The molecule has 0 aliphatic carbocycles. The Morgan fingerprint density at radius 2 is 2.12 bits per heavy atom. The number of aromatic amines is 1. The lowest BCUT2D eigenvalue weighted by Gasteiger charge is -2.10. The van der Waals surface area contributed by atoms with E-state index in [2.05, 4.69) is 10.2 Å². The summed E-state index contributed by atoms with van der Waals surface area (Å²) in [6.07, 6.45) is 2.00. The van der Waals surface area contributed by atoms with Gasteiger partial charge in [-0.25, -0.2) is 9.89 Å². The molecule has 0 amide bonds. The van der Waals surface area contributed by atoms with Crippen molar-refractivity contribution >= 4 is 28.3 Å². The SMILES string of the molecule is O=C(CSc1n[nH]c(=O)n1CC1CCCO1)c1ccc2ccccc2c1. The molecule has 1 aliphatic heterocycles. The van der Waals surface area contributed by atoms with Gasteiger partial charge in [0.1, 0.15) is 0 Å². The molecule has 2 aromatic carbocycles. The van der Waals surface area contributed by atoms with Crippen LogP contribution in [0.15, 0.2) is 52.4 Å². The molecule has 2 heterocycles. The fraction of sp³-hybridized carbons (Fsp3) is 0.316. The van der Waals surface area contributed by atoms with E-state index in [1.807, 2.05) is 42.5 Å². The van der Waals surface area contributed by atoms with E-state index >= 15 is 0 Å². The third-order valence-corrected chi connectivity index (χ3v) is 5.51. The molecule has 0 saturated carbocycles. The van der Waals surface area contributed by atoms with E-state index in [0.29, 0.717) is 17.3 Å². The number of aromatic nitrogens is 3. The van der Waals surface area contributed by atoms with Gasteiger partial charge in [0.05, 0.1) is 18.4 Å². The van der Waals surface area contributed by atoms with Crippen molar-refractivity contribution in [2.45, 2.75) is 30.6 Å². The number of fused-ring (bicyclic) bond motifs is 1. The van der Waals surface area contributed by atoms with E-state index in [1.54, 1.807) is 4.57 Å². The Hall–Kier alpha value is -2.38. The van der Waals surface area contributed by atoms with Crippen LogP contribution >= 0.6 is 11.8 Å². The number of Topliss-reactive ketones (excluding diaryl/α,β-unsaturated/α-hetero) is 1. The van der Waals surface area contributed by atoms with Gasteiger partial charge in [-0.3, -0.25) is 9.36 Å². The predicted octanol–water partition coefficient (Wildman–Crippen LogP) is 2.88. The lowest BCUT2D eigenvalue weighted by molar-refractivity contribution is 0.0941. The van der Waals surface area contributed by atoms with Gasteiger partial charge in [0.25, 0.3) is 0 Å². The van der Waals surface area contributed by atoms with Crippen molar-refractivity contribution in [3.63, 3.8) is 0 Å². The average Bonchev–Trinajstić information content (AvgIpc) is 3.30. The molecule has 26 heavy (non-hydrogen) atoms. The molecule has 1 unspecified atom stereocenters. The summed E-state index contributed by atoms with van der Waals surface area (Å²) < 4.78 is 7.16. The molecule has 1 N–H and O–H groups in total. The van der Waals surface area contributed by atoms with Gasteiger partial charge >= 0.3 is 5.69 Å². The Bertz CT molecular complexity index is 989. The zero-order valence-corrected chi connectivity index (χ0v) is 15.0. The maximum atomic E-state index is 12.6. The molecule has 7 heteroatoms. The predicted molar refractivity (Wildman–Crippen MR) is 101 cm³/mol. The smallest absolute Gasteiger partial charge is 0.344 e. The van der Waals surface area contributed by atoms with E-state index in [0.717, 1.165) is 30.2 Å². The van der Waals surface area contributed by atoms with Crippen LogP contribution in [0.1, 0.15) is 23.2 Å². The lowest BCUT2D eigenvalue weighted by atomic mass is 10.1. The Morgan fingerprint density at radius 1 is 1.27 bits per heavy atom. The number of nitrogens with zero attached hydrogens (tertiary/aromatic N) is 2. The number of carbonyl (C=O) groups excluding carboxylic acids is 1. The van der Waals surface area contributed by atoms with Crippen molar-refractivity contribution in [3.05, 3.63) is 58.5 Å². The third kappa shape index (κ3) is 3.59. The van der Waals surface area contributed by atoms with Crippen LogP contribution in [-0.4, -0.2) is 39.0 Å². The minimum absolute atomic E-state index is 0.0138. The van der Waals surface area contributed by atoms with Gasteiger partial charge in [-0.2, -0.15) is 0 Å². The van der Waals surface area contributed by atoms with E-state index in [-0.39, 0.29) is 23.3 Å². The normalized spacial score (nSPS) is 17.0. The Kier molecular flexibility index (Phi) is 4.90. The molecular weight excluding hydrogens is 350 g/mol. The average molecular weight is 369 g/mol. The summed E-state index contributed by atoms with van der Waals surface area (Å²) in [7, 11) is 0. The quantitative estimate of drug-likeness (QED) is 0.534. The molecule has 0 bridgehead atoms. The van der Waals surface area contributed by atoms with Gasteiger partial charge in [-0.05, 0) is 29.7 Å². The standard InChI is InChI=1S/C19H19N3O3S/c23-17(15-8-7-13-4-1-2-5-14(13)10-15)12-26-19-21-20-18(24)22(19)11-16-6-3-9-25-16/h1-2,4-5,7-8,10,16H,3,6,9,11-12H2,(H,20,24). The van der Waals surface area contributed by atoms with Crippen LogP contribution in [0.4, 0.5) is 0 Å². The van der Waals surface area contributed by atoms with Crippen molar-refractivity contribution < 1.29 is 9.53 Å². The van der Waals surface area contributed by atoms with E-state index in [9.17, 15) is 9.59 Å². The van der Waals surface area contributed by atoms with Crippen molar-refractivity contribution in [1.82, 2.24) is 14.8 Å². The summed E-state index contributed by atoms with van der Waals surface area (Å²) in [5.74, 6) is 0.244. The molecule has 134 valence electrons. The number of thioether (sulfide) groups is 1. The largest absolute Gasteiger partial charge is 0.376 e. The molecule has 4 rings (SSSR count). The Morgan fingerprint density at radius 3 is 2.92 bits per heavy atom. The Balaban J connectivity index is 1.46. The van der Waals surface area contributed by atoms with Gasteiger partial charge < -0.3 is 4.74 Å². The molecule has 0 spiro atoms. The number of H-pyrrole nitrogens is 1. The van der Waals surface area contributed by atoms with Crippen molar-refractivity contribution in [2.75, 3.05) is 12.4 Å². The van der Waals surface area contributed by atoms with Crippen LogP contribution in [0.5, 0.6) is 0 Å². The zero-order chi connectivity index (χ0) is 17.9. The topological polar surface area (TPSA) is 77.0 Å². The van der Waals surface area contributed by atoms with Crippen LogP contribution in [0.25, 0.3) is 10.8 Å². The van der Waals surface area contributed by atoms with Crippen LogP contribution in [-0.2, 0) is 11.3 Å². The minimum Gasteiger partial charge on any atom is -0.376 e. The third-order valence-electron chi connectivity index (χ3n) is 4.54. The maximum Gasteiger partial charge on any atom is 0.344 e. The number of hydrogen-bond donors (Lipinski definition) is 1. The molecule has 1 saturated heterocycles. The van der Waals surface area contributed by atoms with Gasteiger partial charge in [0.2, 0.25) is 0 Å². The number of benzene rings is 2. The fourth-order valence-electron chi connectivity index (χ4n) is 3.14. The number of rotatable bonds is 6. The van der Waals surface area contributed by atoms with Crippen LogP contribution in [0.2, 0.25) is 0 Å². The minimum atomic E-state index is -0.263.